The third-order valence-corrected chi connectivity index (χ3v) is 5.47. The average molecular weight is 453 g/mol. The SMILES string of the molecule is CCCn1c(NC(=O)c2ccc(OCC(=O)N3CCOCC3)c(OC)c2)nc2ccccc21. The van der Waals surface area contributed by atoms with E-state index in [0.717, 1.165) is 24.0 Å². The normalized spacial score (nSPS) is 13.7. The van der Waals surface area contributed by atoms with E-state index < -0.39 is 0 Å². The molecule has 1 saturated heterocycles. The molecule has 9 nitrogen and oxygen atoms in total. The van der Waals surface area contributed by atoms with E-state index >= 15 is 0 Å². The quantitative estimate of drug-likeness (QED) is 0.565. The second-order valence-electron chi connectivity index (χ2n) is 7.68. The number of hydrogen-bond donors (Lipinski definition) is 1. The van der Waals surface area contributed by atoms with Crippen molar-refractivity contribution in [2.24, 2.45) is 0 Å². The zero-order valence-electron chi connectivity index (χ0n) is 18.9. The van der Waals surface area contributed by atoms with Crippen molar-refractivity contribution in [3.63, 3.8) is 0 Å². The van der Waals surface area contributed by atoms with Gasteiger partial charge in [-0.1, -0.05) is 19.1 Å². The minimum atomic E-state index is -0.308. The first-order chi connectivity index (χ1) is 16.1. The maximum absolute atomic E-state index is 13.0. The molecule has 0 radical (unpaired) electrons. The molecule has 1 N–H and O–H groups in total. The van der Waals surface area contributed by atoms with E-state index in [0.29, 0.717) is 49.3 Å². The van der Waals surface area contributed by atoms with Crippen molar-refractivity contribution >= 4 is 28.8 Å². The molecule has 2 amide bonds. The summed E-state index contributed by atoms with van der Waals surface area (Å²) in [6, 6.07) is 12.6. The second-order valence-corrected chi connectivity index (χ2v) is 7.68. The molecule has 0 bridgehead atoms. The topological polar surface area (TPSA) is 94.9 Å². The summed E-state index contributed by atoms with van der Waals surface area (Å²) < 4.78 is 18.4. The van der Waals surface area contributed by atoms with Crippen LogP contribution in [0.15, 0.2) is 42.5 Å². The molecular formula is C24H28N4O5. The third-order valence-electron chi connectivity index (χ3n) is 5.47. The Labute approximate surface area is 192 Å². The van der Waals surface area contributed by atoms with E-state index in [1.807, 2.05) is 28.8 Å². The van der Waals surface area contributed by atoms with E-state index in [1.54, 1.807) is 23.1 Å². The number of rotatable bonds is 8. The largest absolute Gasteiger partial charge is 0.493 e. The fourth-order valence-electron chi connectivity index (χ4n) is 3.77. The molecule has 1 aromatic heterocycles. The van der Waals surface area contributed by atoms with Crippen LogP contribution in [-0.2, 0) is 16.1 Å². The molecular weight excluding hydrogens is 424 g/mol. The zero-order chi connectivity index (χ0) is 23.2. The van der Waals surface area contributed by atoms with Gasteiger partial charge in [-0.15, -0.1) is 0 Å². The van der Waals surface area contributed by atoms with Crippen LogP contribution in [0.5, 0.6) is 11.5 Å². The van der Waals surface area contributed by atoms with Crippen LogP contribution in [0.4, 0.5) is 5.95 Å². The molecule has 174 valence electrons. The van der Waals surface area contributed by atoms with E-state index in [-0.39, 0.29) is 18.4 Å². The van der Waals surface area contributed by atoms with Gasteiger partial charge in [-0.3, -0.25) is 14.9 Å². The number of anilines is 1. The number of carbonyl (C=O) groups excluding carboxylic acids is 2. The van der Waals surface area contributed by atoms with Gasteiger partial charge in [0, 0.05) is 25.2 Å². The number of morpholine rings is 1. The van der Waals surface area contributed by atoms with Crippen LogP contribution < -0.4 is 14.8 Å². The first kappa shape index (κ1) is 22.6. The van der Waals surface area contributed by atoms with Crippen molar-refractivity contribution in [1.82, 2.24) is 14.5 Å². The van der Waals surface area contributed by atoms with Crippen molar-refractivity contribution in [3.05, 3.63) is 48.0 Å². The van der Waals surface area contributed by atoms with Crippen LogP contribution in [0.3, 0.4) is 0 Å². The molecule has 3 aromatic rings. The monoisotopic (exact) mass is 452 g/mol. The number of amides is 2. The molecule has 2 aromatic carbocycles. The Bertz CT molecular complexity index is 1140. The number of fused-ring (bicyclic) bond motifs is 1. The predicted octanol–water partition coefficient (Wildman–Crippen LogP) is 2.94. The Morgan fingerprint density at radius 3 is 2.67 bits per heavy atom. The number of carbonyl (C=O) groups is 2. The summed E-state index contributed by atoms with van der Waals surface area (Å²) in [7, 11) is 1.49. The van der Waals surface area contributed by atoms with Crippen LogP contribution in [0.1, 0.15) is 23.7 Å². The molecule has 0 saturated carbocycles. The van der Waals surface area contributed by atoms with Crippen molar-refractivity contribution < 1.29 is 23.8 Å². The molecule has 0 aliphatic carbocycles. The van der Waals surface area contributed by atoms with Crippen LogP contribution in [0.25, 0.3) is 11.0 Å². The van der Waals surface area contributed by atoms with Gasteiger partial charge in [0.1, 0.15) is 0 Å². The average Bonchev–Trinajstić information content (AvgIpc) is 3.20. The van der Waals surface area contributed by atoms with Gasteiger partial charge in [0.15, 0.2) is 18.1 Å². The van der Waals surface area contributed by atoms with Crippen molar-refractivity contribution in [1.29, 1.82) is 0 Å². The fraction of sp³-hybridized carbons (Fsp3) is 0.375. The minimum Gasteiger partial charge on any atom is -0.493 e. The van der Waals surface area contributed by atoms with Crippen LogP contribution >= 0.6 is 0 Å². The number of hydrogen-bond acceptors (Lipinski definition) is 6. The summed E-state index contributed by atoms with van der Waals surface area (Å²) in [6.45, 7) is 4.89. The summed E-state index contributed by atoms with van der Waals surface area (Å²) in [5.74, 6) is 0.848. The Morgan fingerprint density at radius 1 is 1.12 bits per heavy atom. The second kappa shape index (κ2) is 10.4. The van der Waals surface area contributed by atoms with Crippen molar-refractivity contribution in [3.8, 4) is 11.5 Å². The highest BCUT2D eigenvalue weighted by Crippen LogP contribution is 2.29. The minimum absolute atomic E-state index is 0.108. The van der Waals surface area contributed by atoms with E-state index in [9.17, 15) is 9.59 Å². The molecule has 0 unspecified atom stereocenters. The van der Waals surface area contributed by atoms with Crippen LogP contribution in [-0.4, -0.2) is 66.3 Å². The molecule has 4 rings (SSSR count). The lowest BCUT2D eigenvalue weighted by Crippen LogP contribution is -2.43. The number of nitrogens with one attached hydrogen (secondary N) is 1. The van der Waals surface area contributed by atoms with Gasteiger partial charge >= 0.3 is 0 Å². The van der Waals surface area contributed by atoms with E-state index in [2.05, 4.69) is 17.2 Å². The number of imidazole rings is 1. The number of aryl methyl sites for hydroxylation is 1. The molecule has 9 heteroatoms. The first-order valence-corrected chi connectivity index (χ1v) is 11.0. The van der Waals surface area contributed by atoms with Gasteiger partial charge in [0.25, 0.3) is 11.8 Å². The molecule has 1 aliphatic rings. The summed E-state index contributed by atoms with van der Waals surface area (Å²) in [5.41, 5.74) is 2.20. The van der Waals surface area contributed by atoms with Gasteiger partial charge in [-0.25, -0.2) is 4.98 Å². The van der Waals surface area contributed by atoms with E-state index in [4.69, 9.17) is 14.2 Å². The molecule has 1 aliphatic heterocycles. The molecule has 0 atom stereocenters. The Morgan fingerprint density at radius 2 is 1.91 bits per heavy atom. The molecule has 2 heterocycles. The summed E-state index contributed by atoms with van der Waals surface area (Å²) >= 11 is 0. The van der Waals surface area contributed by atoms with Crippen molar-refractivity contribution in [2.45, 2.75) is 19.9 Å². The van der Waals surface area contributed by atoms with E-state index in [1.165, 1.54) is 7.11 Å². The predicted molar refractivity (Wildman–Crippen MR) is 124 cm³/mol. The van der Waals surface area contributed by atoms with Crippen LogP contribution in [0, 0.1) is 0 Å². The summed E-state index contributed by atoms with van der Waals surface area (Å²) in [6.07, 6.45) is 0.909. The smallest absolute Gasteiger partial charge is 0.260 e. The van der Waals surface area contributed by atoms with Gasteiger partial charge in [0.05, 0.1) is 31.4 Å². The first-order valence-electron chi connectivity index (χ1n) is 11.0. The molecule has 1 fully saturated rings. The van der Waals surface area contributed by atoms with Gasteiger partial charge in [-0.05, 0) is 36.8 Å². The lowest BCUT2D eigenvalue weighted by atomic mass is 10.2. The number of methoxy groups -OCH3 is 1. The number of nitrogens with zero attached hydrogens (tertiary/aromatic N) is 3. The lowest BCUT2D eigenvalue weighted by Gasteiger charge is -2.26. The van der Waals surface area contributed by atoms with Crippen LogP contribution in [0.2, 0.25) is 0 Å². The fourth-order valence-corrected chi connectivity index (χ4v) is 3.77. The Balaban J connectivity index is 1.47. The van der Waals surface area contributed by atoms with Gasteiger partial charge in [0.2, 0.25) is 5.95 Å². The zero-order valence-corrected chi connectivity index (χ0v) is 18.9. The van der Waals surface area contributed by atoms with Crippen molar-refractivity contribution in [2.75, 3.05) is 45.3 Å². The maximum atomic E-state index is 13.0. The molecule has 0 spiro atoms. The number of ether oxygens (including phenoxy) is 3. The highest BCUT2D eigenvalue weighted by atomic mass is 16.5. The summed E-state index contributed by atoms with van der Waals surface area (Å²) in [4.78, 5) is 31.6. The number of benzene rings is 2. The standard InChI is InChI=1S/C24H28N4O5/c1-3-10-28-19-7-5-4-6-18(19)25-24(28)26-23(30)17-8-9-20(21(15-17)31-2)33-16-22(29)27-11-13-32-14-12-27/h4-9,15H,3,10-14,16H2,1-2H3,(H,25,26,30). The Kier molecular flexibility index (Phi) is 7.09. The highest BCUT2D eigenvalue weighted by molar-refractivity contribution is 6.04. The Hall–Kier alpha value is -3.59. The highest BCUT2D eigenvalue weighted by Gasteiger charge is 2.19. The van der Waals surface area contributed by atoms with Gasteiger partial charge < -0.3 is 23.7 Å². The number of aromatic nitrogens is 2. The maximum Gasteiger partial charge on any atom is 0.260 e. The third kappa shape index (κ3) is 5.09. The number of para-hydroxylation sites is 2. The van der Waals surface area contributed by atoms with Gasteiger partial charge in [-0.2, -0.15) is 0 Å². The molecule has 33 heavy (non-hydrogen) atoms. The summed E-state index contributed by atoms with van der Waals surface area (Å²) in [5, 5.41) is 2.91. The lowest BCUT2D eigenvalue weighted by molar-refractivity contribution is -0.137.